The van der Waals surface area contributed by atoms with Gasteiger partial charge in [-0.25, -0.2) is 0 Å². The first-order valence-corrected chi connectivity index (χ1v) is 7.39. The summed E-state index contributed by atoms with van der Waals surface area (Å²) in [5, 5.41) is 4.80. The van der Waals surface area contributed by atoms with Crippen LogP contribution in [0.2, 0.25) is 0 Å². The van der Waals surface area contributed by atoms with Crippen LogP contribution >= 0.6 is 0 Å². The first-order chi connectivity index (χ1) is 11.2. The Kier molecular flexibility index (Phi) is 4.63. The number of carbonyl (C=O) groups excluding carboxylic acids is 1. The van der Waals surface area contributed by atoms with Crippen LogP contribution in [0.15, 0.2) is 42.5 Å². The molecule has 1 heterocycles. The van der Waals surface area contributed by atoms with Gasteiger partial charge in [-0.15, -0.1) is 0 Å². The van der Waals surface area contributed by atoms with Gasteiger partial charge in [0.15, 0.2) is 18.0 Å². The minimum atomic E-state index is -0.0580. The second-order valence-corrected chi connectivity index (χ2v) is 5.16. The van der Waals surface area contributed by atoms with Gasteiger partial charge in [0.2, 0.25) is 6.79 Å². The SMILES string of the molecule is COc1ccc(C[NH2+]CC(=O)Nc2ccc3c(c2)OCO3)cc1. The first kappa shape index (κ1) is 15.2. The minimum absolute atomic E-state index is 0.0580. The molecular formula is C17H19N2O4+. The van der Waals surface area contributed by atoms with Gasteiger partial charge < -0.3 is 24.8 Å². The normalized spacial score (nSPS) is 12.0. The smallest absolute Gasteiger partial charge is 0.279 e. The molecule has 1 amide bonds. The fourth-order valence-electron chi connectivity index (χ4n) is 2.32. The fraction of sp³-hybridized carbons (Fsp3) is 0.235. The lowest BCUT2D eigenvalue weighted by Gasteiger charge is -2.06. The molecule has 2 aromatic carbocycles. The Morgan fingerprint density at radius 2 is 1.96 bits per heavy atom. The summed E-state index contributed by atoms with van der Waals surface area (Å²) in [4.78, 5) is 12.0. The zero-order valence-corrected chi connectivity index (χ0v) is 12.9. The van der Waals surface area contributed by atoms with E-state index in [0.717, 1.165) is 17.9 Å². The minimum Gasteiger partial charge on any atom is -0.497 e. The molecule has 2 aromatic rings. The fourth-order valence-corrected chi connectivity index (χ4v) is 2.32. The number of amides is 1. The van der Waals surface area contributed by atoms with E-state index in [4.69, 9.17) is 14.2 Å². The van der Waals surface area contributed by atoms with E-state index in [1.807, 2.05) is 29.6 Å². The van der Waals surface area contributed by atoms with Gasteiger partial charge in [0, 0.05) is 17.3 Å². The summed E-state index contributed by atoms with van der Waals surface area (Å²) in [5.74, 6) is 2.13. The topological polar surface area (TPSA) is 73.4 Å². The lowest BCUT2D eigenvalue weighted by atomic mass is 10.2. The van der Waals surface area contributed by atoms with Gasteiger partial charge in [-0.05, 0) is 36.4 Å². The van der Waals surface area contributed by atoms with Gasteiger partial charge in [0.25, 0.3) is 5.91 Å². The summed E-state index contributed by atoms with van der Waals surface area (Å²) >= 11 is 0. The van der Waals surface area contributed by atoms with Crippen LogP contribution in [0.5, 0.6) is 17.2 Å². The van der Waals surface area contributed by atoms with Crippen molar-refractivity contribution in [3.8, 4) is 17.2 Å². The third kappa shape index (κ3) is 3.92. The van der Waals surface area contributed by atoms with E-state index in [9.17, 15) is 4.79 Å². The molecule has 0 aliphatic carbocycles. The Balaban J connectivity index is 1.46. The summed E-state index contributed by atoms with van der Waals surface area (Å²) in [6.07, 6.45) is 0. The molecule has 0 atom stereocenters. The van der Waals surface area contributed by atoms with Crippen molar-refractivity contribution >= 4 is 11.6 Å². The quantitative estimate of drug-likeness (QED) is 0.838. The highest BCUT2D eigenvalue weighted by Gasteiger charge is 2.14. The molecule has 0 bridgehead atoms. The molecular weight excluding hydrogens is 296 g/mol. The maximum Gasteiger partial charge on any atom is 0.279 e. The second kappa shape index (κ2) is 7.02. The Labute approximate surface area is 134 Å². The molecule has 0 radical (unpaired) electrons. The third-order valence-corrected chi connectivity index (χ3v) is 3.53. The zero-order chi connectivity index (χ0) is 16.1. The number of nitrogens with one attached hydrogen (secondary N) is 1. The Morgan fingerprint density at radius 1 is 1.17 bits per heavy atom. The molecule has 120 valence electrons. The van der Waals surface area contributed by atoms with Crippen molar-refractivity contribution in [3.05, 3.63) is 48.0 Å². The van der Waals surface area contributed by atoms with Gasteiger partial charge in [0.1, 0.15) is 12.3 Å². The summed E-state index contributed by atoms with van der Waals surface area (Å²) in [6, 6.07) is 13.2. The van der Waals surface area contributed by atoms with E-state index in [1.54, 1.807) is 25.3 Å². The first-order valence-electron chi connectivity index (χ1n) is 7.39. The molecule has 0 fully saturated rings. The molecule has 1 aliphatic rings. The zero-order valence-electron chi connectivity index (χ0n) is 12.9. The summed E-state index contributed by atoms with van der Waals surface area (Å²) in [6.45, 7) is 1.31. The van der Waals surface area contributed by atoms with Crippen LogP contribution in [-0.2, 0) is 11.3 Å². The second-order valence-electron chi connectivity index (χ2n) is 5.16. The van der Waals surface area contributed by atoms with E-state index in [2.05, 4.69) is 5.32 Å². The number of anilines is 1. The number of hydrogen-bond acceptors (Lipinski definition) is 4. The van der Waals surface area contributed by atoms with Gasteiger partial charge in [-0.3, -0.25) is 4.79 Å². The molecule has 6 heteroatoms. The van der Waals surface area contributed by atoms with Crippen molar-refractivity contribution in [3.63, 3.8) is 0 Å². The monoisotopic (exact) mass is 315 g/mol. The number of methoxy groups -OCH3 is 1. The molecule has 0 spiro atoms. The summed E-state index contributed by atoms with van der Waals surface area (Å²) in [5.41, 5.74) is 1.85. The standard InChI is InChI=1S/C17H18N2O4/c1-21-14-5-2-12(3-6-14)9-18-10-17(20)19-13-4-7-15-16(8-13)23-11-22-15/h2-8,18H,9-11H2,1H3,(H,19,20)/p+1. The largest absolute Gasteiger partial charge is 0.497 e. The van der Waals surface area contributed by atoms with Crippen molar-refractivity contribution in [2.75, 3.05) is 25.8 Å². The van der Waals surface area contributed by atoms with Gasteiger partial charge in [0.05, 0.1) is 7.11 Å². The number of rotatable bonds is 6. The van der Waals surface area contributed by atoms with E-state index in [1.165, 1.54) is 0 Å². The van der Waals surface area contributed by atoms with Crippen LogP contribution in [0, 0.1) is 0 Å². The molecule has 23 heavy (non-hydrogen) atoms. The van der Waals surface area contributed by atoms with E-state index >= 15 is 0 Å². The van der Waals surface area contributed by atoms with Crippen LogP contribution in [0.25, 0.3) is 0 Å². The lowest BCUT2D eigenvalue weighted by molar-refractivity contribution is -0.659. The molecule has 0 saturated heterocycles. The van der Waals surface area contributed by atoms with Crippen molar-refractivity contribution in [2.24, 2.45) is 0 Å². The van der Waals surface area contributed by atoms with Crippen LogP contribution in [0.1, 0.15) is 5.56 Å². The van der Waals surface area contributed by atoms with E-state index < -0.39 is 0 Å². The summed E-state index contributed by atoms with van der Waals surface area (Å²) in [7, 11) is 1.64. The summed E-state index contributed by atoms with van der Waals surface area (Å²) < 4.78 is 15.6. The lowest BCUT2D eigenvalue weighted by Crippen LogP contribution is -2.84. The molecule has 6 nitrogen and oxygen atoms in total. The molecule has 3 rings (SSSR count). The number of nitrogens with two attached hydrogens (primary N) is 1. The average molecular weight is 315 g/mol. The van der Waals surface area contributed by atoms with Crippen LogP contribution < -0.4 is 24.8 Å². The molecule has 0 unspecified atom stereocenters. The number of carbonyl (C=O) groups is 1. The molecule has 0 aromatic heterocycles. The number of benzene rings is 2. The van der Waals surface area contributed by atoms with Crippen LogP contribution in [0.4, 0.5) is 5.69 Å². The Hall–Kier alpha value is -2.73. The highest BCUT2D eigenvalue weighted by Crippen LogP contribution is 2.34. The van der Waals surface area contributed by atoms with E-state index in [-0.39, 0.29) is 12.7 Å². The van der Waals surface area contributed by atoms with Crippen LogP contribution in [0.3, 0.4) is 0 Å². The van der Waals surface area contributed by atoms with Gasteiger partial charge in [-0.1, -0.05) is 0 Å². The third-order valence-electron chi connectivity index (χ3n) is 3.53. The van der Waals surface area contributed by atoms with Crippen molar-refractivity contribution in [1.29, 1.82) is 0 Å². The molecule has 3 N–H and O–H groups in total. The predicted molar refractivity (Wildman–Crippen MR) is 84.7 cm³/mol. The highest BCUT2D eigenvalue weighted by atomic mass is 16.7. The number of hydrogen-bond donors (Lipinski definition) is 2. The maximum atomic E-state index is 12.0. The maximum absolute atomic E-state index is 12.0. The van der Waals surface area contributed by atoms with Crippen molar-refractivity contribution in [2.45, 2.75) is 6.54 Å². The van der Waals surface area contributed by atoms with E-state index in [0.29, 0.717) is 23.7 Å². The number of fused-ring (bicyclic) bond motifs is 1. The van der Waals surface area contributed by atoms with Gasteiger partial charge >= 0.3 is 0 Å². The molecule has 1 aliphatic heterocycles. The predicted octanol–water partition coefficient (Wildman–Crippen LogP) is 1.13. The highest BCUT2D eigenvalue weighted by molar-refractivity contribution is 5.91. The average Bonchev–Trinajstić information content (AvgIpc) is 3.03. The molecule has 0 saturated carbocycles. The van der Waals surface area contributed by atoms with Crippen LogP contribution in [-0.4, -0.2) is 26.4 Å². The van der Waals surface area contributed by atoms with Crippen molar-refractivity contribution in [1.82, 2.24) is 0 Å². The number of ether oxygens (including phenoxy) is 3. The Morgan fingerprint density at radius 3 is 2.74 bits per heavy atom. The van der Waals surface area contributed by atoms with Crippen molar-refractivity contribution < 1.29 is 24.3 Å². The van der Waals surface area contributed by atoms with Gasteiger partial charge in [-0.2, -0.15) is 0 Å². The Bertz CT molecular complexity index is 685. The number of quaternary nitrogens is 1.